The molecule has 18 heavy (non-hydrogen) atoms. The van der Waals surface area contributed by atoms with Crippen LogP contribution >= 0.6 is 15.9 Å². The molecule has 2 aromatic carbocycles. The number of ketones is 1. The smallest absolute Gasteiger partial charge is 0.166 e. The fraction of sp³-hybridized carbons (Fsp3) is 0.133. The lowest BCUT2D eigenvalue weighted by molar-refractivity contribution is 0.0962. The molecule has 2 nitrogen and oxygen atoms in total. The number of ether oxygens (including phenoxy) is 1. The van der Waals surface area contributed by atoms with Crippen molar-refractivity contribution in [3.8, 4) is 5.75 Å². The lowest BCUT2D eigenvalue weighted by Gasteiger charge is -2.07. The molecule has 0 aliphatic heterocycles. The Bertz CT molecular complexity index is 523. The quantitative estimate of drug-likeness (QED) is 0.777. The molecular formula is C15H13BrO2. The molecule has 0 spiro atoms. The lowest BCUT2D eigenvalue weighted by atomic mass is 10.1. The van der Waals surface area contributed by atoms with Gasteiger partial charge in [0.2, 0.25) is 0 Å². The van der Waals surface area contributed by atoms with Crippen LogP contribution in [0.3, 0.4) is 0 Å². The molecule has 0 aromatic heterocycles. The van der Waals surface area contributed by atoms with Crippen LogP contribution in [0, 0.1) is 0 Å². The summed E-state index contributed by atoms with van der Waals surface area (Å²) in [5, 5.41) is 0. The average Bonchev–Trinajstić information content (AvgIpc) is 2.42. The van der Waals surface area contributed by atoms with E-state index < -0.39 is 0 Å². The van der Waals surface area contributed by atoms with Gasteiger partial charge in [-0.3, -0.25) is 4.79 Å². The molecule has 0 amide bonds. The third kappa shape index (κ3) is 3.44. The summed E-state index contributed by atoms with van der Waals surface area (Å²) in [6, 6.07) is 16.9. The summed E-state index contributed by atoms with van der Waals surface area (Å²) >= 11 is 3.40. The van der Waals surface area contributed by atoms with Crippen molar-refractivity contribution in [2.45, 2.75) is 6.42 Å². The summed E-state index contributed by atoms with van der Waals surface area (Å²) in [5.74, 6) is 0.862. The van der Waals surface area contributed by atoms with E-state index in [1.54, 1.807) is 0 Å². The molecule has 0 fully saturated rings. The van der Waals surface area contributed by atoms with Crippen molar-refractivity contribution in [1.29, 1.82) is 0 Å². The average molecular weight is 305 g/mol. The monoisotopic (exact) mass is 304 g/mol. The van der Waals surface area contributed by atoms with Gasteiger partial charge in [0.05, 0.1) is 11.1 Å². The van der Waals surface area contributed by atoms with E-state index in [2.05, 4.69) is 15.9 Å². The Morgan fingerprint density at radius 1 is 1.00 bits per heavy atom. The fourth-order valence-corrected chi connectivity index (χ4v) is 1.98. The molecule has 0 radical (unpaired) electrons. The van der Waals surface area contributed by atoms with Crippen molar-refractivity contribution < 1.29 is 9.53 Å². The summed E-state index contributed by atoms with van der Waals surface area (Å²) in [4.78, 5) is 11.8. The van der Waals surface area contributed by atoms with Crippen LogP contribution in [0.2, 0.25) is 0 Å². The van der Waals surface area contributed by atoms with Crippen LogP contribution in [0.25, 0.3) is 0 Å². The highest BCUT2D eigenvalue weighted by atomic mass is 79.9. The van der Waals surface area contributed by atoms with E-state index in [0.29, 0.717) is 13.0 Å². The standard InChI is InChI=1S/C15H13BrO2/c16-13-8-4-5-9-15(13)18-11-10-14(17)12-6-2-1-3-7-12/h1-9H,10-11H2. The first kappa shape index (κ1) is 12.8. The van der Waals surface area contributed by atoms with E-state index in [0.717, 1.165) is 15.8 Å². The van der Waals surface area contributed by atoms with Crippen molar-refractivity contribution in [2.75, 3.05) is 6.61 Å². The second-order valence-corrected chi connectivity index (χ2v) is 4.67. The third-order valence-electron chi connectivity index (χ3n) is 2.52. The van der Waals surface area contributed by atoms with Crippen molar-refractivity contribution in [3.05, 3.63) is 64.6 Å². The van der Waals surface area contributed by atoms with Crippen LogP contribution < -0.4 is 4.74 Å². The Labute approximate surface area is 115 Å². The maximum atomic E-state index is 11.8. The molecule has 0 bridgehead atoms. The predicted molar refractivity (Wildman–Crippen MR) is 75.0 cm³/mol. The zero-order valence-electron chi connectivity index (χ0n) is 9.80. The topological polar surface area (TPSA) is 26.3 Å². The minimum atomic E-state index is 0.0997. The van der Waals surface area contributed by atoms with Gasteiger partial charge < -0.3 is 4.74 Å². The number of rotatable bonds is 5. The van der Waals surface area contributed by atoms with Crippen LogP contribution in [0.5, 0.6) is 5.75 Å². The van der Waals surface area contributed by atoms with Crippen LogP contribution in [0.4, 0.5) is 0 Å². The molecule has 0 saturated carbocycles. The van der Waals surface area contributed by atoms with Crippen LogP contribution in [0.15, 0.2) is 59.1 Å². The van der Waals surface area contributed by atoms with Gasteiger partial charge in [0.15, 0.2) is 5.78 Å². The Hall–Kier alpha value is -1.61. The van der Waals surface area contributed by atoms with Gasteiger partial charge in [-0.05, 0) is 28.1 Å². The molecule has 0 N–H and O–H groups in total. The number of hydrogen-bond acceptors (Lipinski definition) is 2. The number of benzene rings is 2. The maximum absolute atomic E-state index is 11.8. The van der Waals surface area contributed by atoms with Gasteiger partial charge in [-0.25, -0.2) is 0 Å². The highest BCUT2D eigenvalue weighted by Gasteiger charge is 2.06. The van der Waals surface area contributed by atoms with Gasteiger partial charge >= 0.3 is 0 Å². The molecule has 0 unspecified atom stereocenters. The van der Waals surface area contributed by atoms with E-state index in [-0.39, 0.29) is 5.78 Å². The molecule has 2 aromatic rings. The van der Waals surface area contributed by atoms with Gasteiger partial charge in [-0.1, -0.05) is 42.5 Å². The normalized spacial score (nSPS) is 10.1. The first-order valence-electron chi connectivity index (χ1n) is 5.73. The molecular weight excluding hydrogens is 292 g/mol. The zero-order chi connectivity index (χ0) is 12.8. The number of para-hydroxylation sites is 1. The first-order valence-corrected chi connectivity index (χ1v) is 6.52. The van der Waals surface area contributed by atoms with Gasteiger partial charge in [0.1, 0.15) is 5.75 Å². The van der Waals surface area contributed by atoms with Gasteiger partial charge in [0, 0.05) is 12.0 Å². The first-order chi connectivity index (χ1) is 8.77. The van der Waals surface area contributed by atoms with Crippen molar-refractivity contribution in [3.63, 3.8) is 0 Å². The molecule has 3 heteroatoms. The third-order valence-corrected chi connectivity index (χ3v) is 3.17. The Kier molecular flexibility index (Phi) is 4.53. The van der Waals surface area contributed by atoms with E-state index in [4.69, 9.17) is 4.74 Å². The number of halogens is 1. The van der Waals surface area contributed by atoms with Gasteiger partial charge in [-0.15, -0.1) is 0 Å². The summed E-state index contributed by atoms with van der Waals surface area (Å²) in [5.41, 5.74) is 0.730. The van der Waals surface area contributed by atoms with Gasteiger partial charge in [-0.2, -0.15) is 0 Å². The lowest BCUT2D eigenvalue weighted by Crippen LogP contribution is -2.06. The fourth-order valence-electron chi connectivity index (χ4n) is 1.58. The second-order valence-electron chi connectivity index (χ2n) is 3.82. The summed E-state index contributed by atoms with van der Waals surface area (Å²) < 4.78 is 6.46. The van der Waals surface area contributed by atoms with E-state index in [1.807, 2.05) is 54.6 Å². The number of carbonyl (C=O) groups is 1. The summed E-state index contributed by atoms with van der Waals surface area (Å²) in [7, 11) is 0. The van der Waals surface area contributed by atoms with E-state index >= 15 is 0 Å². The Morgan fingerprint density at radius 3 is 2.39 bits per heavy atom. The predicted octanol–water partition coefficient (Wildman–Crippen LogP) is 4.10. The van der Waals surface area contributed by atoms with Crippen LogP contribution in [-0.4, -0.2) is 12.4 Å². The SMILES string of the molecule is O=C(CCOc1ccccc1Br)c1ccccc1. The molecule has 2 rings (SSSR count). The van der Waals surface area contributed by atoms with Crippen molar-refractivity contribution in [2.24, 2.45) is 0 Å². The molecule has 0 aliphatic rings. The summed E-state index contributed by atoms with van der Waals surface area (Å²) in [6.45, 7) is 0.385. The molecule has 0 aliphatic carbocycles. The minimum Gasteiger partial charge on any atom is -0.492 e. The van der Waals surface area contributed by atoms with Crippen LogP contribution in [-0.2, 0) is 0 Å². The number of Topliss-reactive ketones (excluding diaryl/α,β-unsaturated/α-hetero) is 1. The Morgan fingerprint density at radius 2 is 1.67 bits per heavy atom. The molecule has 92 valence electrons. The molecule has 0 heterocycles. The minimum absolute atomic E-state index is 0.0997. The zero-order valence-corrected chi connectivity index (χ0v) is 11.4. The van der Waals surface area contributed by atoms with E-state index in [1.165, 1.54) is 0 Å². The van der Waals surface area contributed by atoms with E-state index in [9.17, 15) is 4.79 Å². The largest absolute Gasteiger partial charge is 0.492 e. The van der Waals surface area contributed by atoms with Crippen molar-refractivity contribution >= 4 is 21.7 Å². The molecule has 0 atom stereocenters. The number of carbonyl (C=O) groups excluding carboxylic acids is 1. The maximum Gasteiger partial charge on any atom is 0.166 e. The Balaban J connectivity index is 1.86. The van der Waals surface area contributed by atoms with Gasteiger partial charge in [0.25, 0.3) is 0 Å². The second kappa shape index (κ2) is 6.36. The highest BCUT2D eigenvalue weighted by molar-refractivity contribution is 9.10. The highest BCUT2D eigenvalue weighted by Crippen LogP contribution is 2.23. The van der Waals surface area contributed by atoms with Crippen molar-refractivity contribution in [1.82, 2.24) is 0 Å². The number of hydrogen-bond donors (Lipinski definition) is 0. The molecule has 0 saturated heterocycles. The van der Waals surface area contributed by atoms with Crippen LogP contribution in [0.1, 0.15) is 16.8 Å². The summed E-state index contributed by atoms with van der Waals surface area (Å²) in [6.07, 6.45) is 0.380.